The van der Waals surface area contributed by atoms with Gasteiger partial charge in [-0.25, -0.2) is 4.98 Å². The second-order valence-electron chi connectivity index (χ2n) is 14.5. The monoisotopic (exact) mass is 665 g/mol. The minimum atomic E-state index is -0.923. The van der Waals surface area contributed by atoms with E-state index < -0.39 is 53.6 Å². The Morgan fingerprint density at radius 2 is 1.56 bits per heavy atom. The first-order chi connectivity index (χ1) is 23.1. The predicted octanol–water partition coefficient (Wildman–Crippen LogP) is 1.96. The van der Waals surface area contributed by atoms with Crippen LogP contribution in [0, 0.1) is 29.6 Å². The molecular weight excluding hydrogens is 614 g/mol. The summed E-state index contributed by atoms with van der Waals surface area (Å²) in [5.41, 5.74) is 0.108. The highest BCUT2D eigenvalue weighted by molar-refractivity contribution is 6.38. The maximum Gasteiger partial charge on any atom is 0.289 e. The number of amides is 5. The van der Waals surface area contributed by atoms with Crippen LogP contribution in [0.25, 0.3) is 0 Å². The van der Waals surface area contributed by atoms with Crippen LogP contribution in [0.4, 0.5) is 0 Å². The summed E-state index contributed by atoms with van der Waals surface area (Å²) < 4.78 is 0. The van der Waals surface area contributed by atoms with Gasteiger partial charge in [0.15, 0.2) is 0 Å². The van der Waals surface area contributed by atoms with Gasteiger partial charge in [-0.15, -0.1) is 0 Å². The maximum absolute atomic E-state index is 13.9. The lowest BCUT2D eigenvalue weighted by atomic mass is 9.82. The fraction of sp³-hybridized carbons (Fsp3) is 0.714. The number of Topliss-reactive ketones (excluding diaryl/α,β-unsaturated/α-hetero) is 1. The van der Waals surface area contributed by atoms with Crippen molar-refractivity contribution in [1.29, 1.82) is 0 Å². The summed E-state index contributed by atoms with van der Waals surface area (Å²) in [7, 11) is 0. The van der Waals surface area contributed by atoms with Gasteiger partial charge < -0.3 is 26.6 Å². The van der Waals surface area contributed by atoms with Crippen LogP contribution in [-0.4, -0.2) is 75.5 Å². The van der Waals surface area contributed by atoms with Gasteiger partial charge >= 0.3 is 0 Å². The first-order valence-corrected chi connectivity index (χ1v) is 17.9. The van der Waals surface area contributed by atoms with E-state index in [1.807, 2.05) is 20.8 Å². The Kier molecular flexibility index (Phi) is 11.8. The molecule has 1 aromatic heterocycles. The smallest absolute Gasteiger partial charge is 0.289 e. The zero-order chi connectivity index (χ0) is 34.4. The van der Waals surface area contributed by atoms with E-state index in [9.17, 15) is 28.8 Å². The number of carbonyl (C=O) groups is 6. The number of hydrogen-bond donors (Lipinski definition) is 5. The molecule has 4 saturated carbocycles. The van der Waals surface area contributed by atoms with Crippen LogP contribution in [-0.2, 0) is 24.0 Å². The summed E-state index contributed by atoms with van der Waals surface area (Å²) in [6.45, 7) is 5.58. The molecule has 1 heterocycles. The first-order valence-electron chi connectivity index (χ1n) is 17.9. The van der Waals surface area contributed by atoms with Crippen molar-refractivity contribution in [2.45, 2.75) is 128 Å². The summed E-state index contributed by atoms with van der Waals surface area (Å²) in [4.78, 5) is 88.2. The lowest BCUT2D eigenvalue weighted by Gasteiger charge is -2.35. The van der Waals surface area contributed by atoms with E-state index in [0.717, 1.165) is 64.2 Å². The summed E-state index contributed by atoms with van der Waals surface area (Å²) >= 11 is 0. The Morgan fingerprint density at radius 3 is 2.21 bits per heavy atom. The molecule has 0 saturated heterocycles. The fourth-order valence-electron chi connectivity index (χ4n) is 7.87. The maximum atomic E-state index is 13.9. The minimum absolute atomic E-state index is 0.0337. The van der Waals surface area contributed by atoms with Crippen LogP contribution in [0.5, 0.6) is 0 Å². The molecule has 4 aliphatic carbocycles. The number of carbonyl (C=O) groups excluding carboxylic acids is 6. The van der Waals surface area contributed by atoms with Crippen molar-refractivity contribution in [2.24, 2.45) is 29.6 Å². The third kappa shape index (κ3) is 8.57. The molecule has 2 bridgehead atoms. The van der Waals surface area contributed by atoms with Gasteiger partial charge in [0.2, 0.25) is 23.5 Å². The van der Waals surface area contributed by atoms with Gasteiger partial charge in [0.1, 0.15) is 17.8 Å². The lowest BCUT2D eigenvalue weighted by Crippen LogP contribution is -2.60. The normalized spacial score (nSPS) is 25.4. The molecular formula is C35H51N7O6. The van der Waals surface area contributed by atoms with Crippen molar-refractivity contribution < 1.29 is 28.8 Å². The highest BCUT2D eigenvalue weighted by atomic mass is 16.2. The number of aromatic nitrogens is 2. The Labute approximate surface area is 282 Å². The van der Waals surface area contributed by atoms with Gasteiger partial charge in [-0.1, -0.05) is 46.5 Å². The van der Waals surface area contributed by atoms with Crippen molar-refractivity contribution >= 4 is 35.3 Å². The predicted molar refractivity (Wildman–Crippen MR) is 176 cm³/mol. The van der Waals surface area contributed by atoms with E-state index in [1.54, 1.807) is 0 Å². The second-order valence-corrected chi connectivity index (χ2v) is 14.5. The van der Waals surface area contributed by atoms with E-state index in [-0.39, 0.29) is 47.2 Å². The Balaban J connectivity index is 1.26. The SMILES string of the molecule is CCCC(NC(=O)[C@@H]1[C@H]2CC[C@H](C2)[C@@H]1NC(=O)[C@@H](NC(=O)[C@@H](NC(=O)c1cnccn1)C1CCCCC1)C(C)C)C(=O)C(=O)NC1CC1. The van der Waals surface area contributed by atoms with E-state index in [0.29, 0.717) is 12.8 Å². The molecule has 0 radical (unpaired) electrons. The van der Waals surface area contributed by atoms with Crippen LogP contribution in [0.3, 0.4) is 0 Å². The highest BCUT2D eigenvalue weighted by Crippen LogP contribution is 2.48. The number of hydrogen-bond acceptors (Lipinski definition) is 8. The Hall–Kier alpha value is -3.90. The lowest BCUT2D eigenvalue weighted by molar-refractivity contribution is -0.141. The number of ketones is 1. The van der Waals surface area contributed by atoms with Gasteiger partial charge in [-0.3, -0.25) is 33.8 Å². The molecule has 7 atom stereocenters. The molecule has 1 aromatic rings. The van der Waals surface area contributed by atoms with E-state index in [4.69, 9.17) is 0 Å². The van der Waals surface area contributed by atoms with Crippen molar-refractivity contribution in [3.05, 3.63) is 24.3 Å². The molecule has 1 unspecified atom stereocenters. The molecule has 13 heteroatoms. The van der Waals surface area contributed by atoms with E-state index in [2.05, 4.69) is 36.6 Å². The van der Waals surface area contributed by atoms with Crippen molar-refractivity contribution in [1.82, 2.24) is 36.6 Å². The zero-order valence-electron chi connectivity index (χ0n) is 28.3. The van der Waals surface area contributed by atoms with Crippen molar-refractivity contribution in [3.8, 4) is 0 Å². The Bertz CT molecular complexity index is 1350. The van der Waals surface area contributed by atoms with Gasteiger partial charge in [-0.05, 0) is 75.0 Å². The molecule has 5 rings (SSSR count). The standard InChI is InChI=1S/C35H51N7O6/c1-4-8-24(30(43)35(48)38-23-13-14-23)39-32(45)26-21-11-12-22(17-21)28(26)41-33(46)27(19(2)3)40-34(47)29(20-9-6-5-7-10-20)42-31(44)25-18-36-15-16-37-25/h15-16,18-24,26-29H,4-14,17H2,1-3H3,(H,38,48)(H,39,45)(H,40,47)(H,41,46)(H,42,44)/t21-,22+,24?,26+,27-,28-,29-/m0/s1. The molecule has 262 valence electrons. The average molecular weight is 666 g/mol. The first kappa shape index (κ1) is 35.4. The van der Waals surface area contributed by atoms with Crippen LogP contribution in [0.2, 0.25) is 0 Å². The number of fused-ring (bicyclic) bond motifs is 2. The van der Waals surface area contributed by atoms with Crippen LogP contribution in [0.1, 0.15) is 108 Å². The topological polar surface area (TPSA) is 188 Å². The van der Waals surface area contributed by atoms with Crippen LogP contribution < -0.4 is 26.6 Å². The summed E-state index contributed by atoms with van der Waals surface area (Å²) in [6.07, 6.45) is 13.9. The van der Waals surface area contributed by atoms with E-state index in [1.165, 1.54) is 18.6 Å². The largest absolute Gasteiger partial charge is 0.350 e. The number of nitrogens with one attached hydrogen (secondary N) is 5. The van der Waals surface area contributed by atoms with Gasteiger partial charge in [0.25, 0.3) is 11.8 Å². The number of rotatable bonds is 15. The van der Waals surface area contributed by atoms with Crippen molar-refractivity contribution in [3.63, 3.8) is 0 Å². The summed E-state index contributed by atoms with van der Waals surface area (Å²) in [5.74, 6) is -3.70. The quantitative estimate of drug-likeness (QED) is 0.176. The fourth-order valence-corrected chi connectivity index (χ4v) is 7.87. The molecule has 48 heavy (non-hydrogen) atoms. The molecule has 4 aliphatic rings. The average Bonchev–Trinajstić information content (AvgIpc) is 3.66. The van der Waals surface area contributed by atoms with Gasteiger partial charge in [0, 0.05) is 24.5 Å². The zero-order valence-corrected chi connectivity index (χ0v) is 28.3. The third-order valence-electron chi connectivity index (χ3n) is 10.6. The molecule has 13 nitrogen and oxygen atoms in total. The molecule has 0 spiro atoms. The molecule has 4 fully saturated rings. The second kappa shape index (κ2) is 16.0. The van der Waals surface area contributed by atoms with Gasteiger partial charge in [-0.2, -0.15) is 0 Å². The Morgan fingerprint density at radius 1 is 0.833 bits per heavy atom. The number of nitrogens with zero attached hydrogens (tertiary/aromatic N) is 2. The van der Waals surface area contributed by atoms with Crippen LogP contribution >= 0.6 is 0 Å². The minimum Gasteiger partial charge on any atom is -0.350 e. The molecule has 0 aliphatic heterocycles. The van der Waals surface area contributed by atoms with Crippen LogP contribution in [0.15, 0.2) is 18.6 Å². The summed E-state index contributed by atoms with van der Waals surface area (Å²) in [5, 5.41) is 14.5. The third-order valence-corrected chi connectivity index (χ3v) is 10.6. The van der Waals surface area contributed by atoms with Crippen molar-refractivity contribution in [2.75, 3.05) is 0 Å². The molecule has 5 N–H and O–H groups in total. The van der Waals surface area contributed by atoms with E-state index >= 15 is 0 Å². The molecule has 0 aromatic carbocycles. The van der Waals surface area contributed by atoms with Gasteiger partial charge in [0.05, 0.1) is 18.2 Å². The summed E-state index contributed by atoms with van der Waals surface area (Å²) in [6, 6.07) is -3.10. The highest BCUT2D eigenvalue weighted by Gasteiger charge is 2.52. The molecule has 5 amide bonds.